The molecule has 4 N–H and O–H groups in total. The molecule has 8 heteroatoms. The molecule has 1 aromatic rings. The zero-order valence-corrected chi connectivity index (χ0v) is 14.9. The average Bonchev–Trinajstić information content (AvgIpc) is 2.90. The topological polar surface area (TPSA) is 120 Å². The van der Waals surface area contributed by atoms with Crippen LogP contribution in [0, 0.1) is 6.92 Å². The molecule has 1 aliphatic heterocycles. The molecule has 0 spiro atoms. The van der Waals surface area contributed by atoms with E-state index in [0.717, 1.165) is 25.7 Å². The Hall–Kier alpha value is -1.48. The molecule has 0 amide bonds. The van der Waals surface area contributed by atoms with Crippen LogP contribution < -0.4 is 17.0 Å². The number of aromatic amines is 1. The van der Waals surface area contributed by atoms with Crippen LogP contribution in [-0.2, 0) is 9.47 Å². The van der Waals surface area contributed by atoms with Crippen LogP contribution >= 0.6 is 0 Å². The van der Waals surface area contributed by atoms with Crippen molar-refractivity contribution in [2.24, 2.45) is 5.73 Å². The number of aliphatic hydroxyl groups excluding tert-OH is 1. The number of hydrogen-bond acceptors (Lipinski definition) is 6. The van der Waals surface area contributed by atoms with Crippen molar-refractivity contribution in [2.75, 3.05) is 13.2 Å². The number of H-pyrrole nitrogens is 1. The minimum Gasteiger partial charge on any atom is -0.388 e. The van der Waals surface area contributed by atoms with E-state index in [1.807, 2.05) is 6.92 Å². The molecule has 0 aromatic carbocycles. The van der Waals surface area contributed by atoms with Crippen LogP contribution in [0.2, 0.25) is 0 Å². The molecule has 1 fully saturated rings. The largest absolute Gasteiger partial charge is 0.388 e. The van der Waals surface area contributed by atoms with E-state index < -0.39 is 35.8 Å². The van der Waals surface area contributed by atoms with E-state index in [9.17, 15) is 14.7 Å². The van der Waals surface area contributed by atoms with Crippen molar-refractivity contribution in [3.8, 4) is 0 Å². The number of aromatic nitrogens is 2. The van der Waals surface area contributed by atoms with Crippen LogP contribution in [0.15, 0.2) is 15.8 Å². The van der Waals surface area contributed by atoms with Gasteiger partial charge in [-0.05, 0) is 32.7 Å². The van der Waals surface area contributed by atoms with E-state index >= 15 is 0 Å². The molecule has 2 heterocycles. The predicted octanol–water partition coefficient (Wildman–Crippen LogP) is 0.418. The Kier molecular flexibility index (Phi) is 7.37. The quantitative estimate of drug-likeness (QED) is 0.552. The number of rotatable bonds is 9. The van der Waals surface area contributed by atoms with Crippen molar-refractivity contribution < 1.29 is 14.6 Å². The summed E-state index contributed by atoms with van der Waals surface area (Å²) < 4.78 is 13.0. The van der Waals surface area contributed by atoms with Gasteiger partial charge in [0.1, 0.15) is 12.2 Å². The standard InChI is InChI=1S/C17H29N3O5/c1-3-12-13(21)14(24-9-7-5-4-6-8-18)16(25-12)20-10-11(2)15(22)19-17(20)23/h10,12-14,16,21H,3-9,18H2,1-2H3,(H,19,22,23)/t12-,13?,14+,16-/m1/s1. The highest BCUT2D eigenvalue weighted by atomic mass is 16.6. The van der Waals surface area contributed by atoms with Crippen LogP contribution in [0.25, 0.3) is 0 Å². The summed E-state index contributed by atoms with van der Waals surface area (Å²) in [6, 6.07) is 0. The lowest BCUT2D eigenvalue weighted by molar-refractivity contribution is -0.0715. The summed E-state index contributed by atoms with van der Waals surface area (Å²) in [4.78, 5) is 26.0. The van der Waals surface area contributed by atoms with E-state index in [1.165, 1.54) is 10.8 Å². The van der Waals surface area contributed by atoms with E-state index in [2.05, 4.69) is 4.98 Å². The Balaban J connectivity index is 2.10. The number of nitrogens with one attached hydrogen (secondary N) is 1. The third kappa shape index (κ3) is 4.78. The van der Waals surface area contributed by atoms with Crippen molar-refractivity contribution in [3.05, 3.63) is 32.6 Å². The van der Waals surface area contributed by atoms with Crippen molar-refractivity contribution in [1.29, 1.82) is 0 Å². The Morgan fingerprint density at radius 3 is 2.72 bits per heavy atom. The highest BCUT2D eigenvalue weighted by Gasteiger charge is 2.45. The molecule has 0 aliphatic carbocycles. The second-order valence-corrected chi connectivity index (χ2v) is 6.48. The zero-order chi connectivity index (χ0) is 18.4. The van der Waals surface area contributed by atoms with Crippen LogP contribution in [0.4, 0.5) is 0 Å². The molecule has 142 valence electrons. The Morgan fingerprint density at radius 1 is 1.32 bits per heavy atom. The van der Waals surface area contributed by atoms with Crippen LogP contribution in [0.5, 0.6) is 0 Å². The summed E-state index contributed by atoms with van der Waals surface area (Å²) in [5, 5.41) is 10.5. The predicted molar refractivity (Wildman–Crippen MR) is 93.5 cm³/mol. The van der Waals surface area contributed by atoms with E-state index in [1.54, 1.807) is 6.92 Å². The Bertz CT molecular complexity index is 656. The fourth-order valence-corrected chi connectivity index (χ4v) is 3.05. The first-order valence-electron chi connectivity index (χ1n) is 8.96. The monoisotopic (exact) mass is 355 g/mol. The van der Waals surface area contributed by atoms with Crippen molar-refractivity contribution in [2.45, 2.75) is 70.5 Å². The lowest BCUT2D eigenvalue weighted by Gasteiger charge is -2.22. The summed E-state index contributed by atoms with van der Waals surface area (Å²) in [6.07, 6.45) is 3.30. The second kappa shape index (κ2) is 9.28. The molecule has 1 aromatic heterocycles. The summed E-state index contributed by atoms with van der Waals surface area (Å²) in [7, 11) is 0. The fraction of sp³-hybridized carbons (Fsp3) is 0.765. The zero-order valence-electron chi connectivity index (χ0n) is 14.9. The van der Waals surface area contributed by atoms with Crippen LogP contribution in [-0.4, -0.2) is 46.1 Å². The lowest BCUT2D eigenvalue weighted by Crippen LogP contribution is -2.39. The molecule has 2 rings (SSSR count). The van der Waals surface area contributed by atoms with Gasteiger partial charge in [0.05, 0.1) is 6.10 Å². The Morgan fingerprint density at radius 2 is 2.04 bits per heavy atom. The molecular formula is C17H29N3O5. The van der Waals surface area contributed by atoms with Gasteiger partial charge in [0.15, 0.2) is 6.23 Å². The van der Waals surface area contributed by atoms with Crippen molar-refractivity contribution in [1.82, 2.24) is 9.55 Å². The molecular weight excluding hydrogens is 326 g/mol. The van der Waals surface area contributed by atoms with E-state index in [-0.39, 0.29) is 0 Å². The average molecular weight is 355 g/mol. The van der Waals surface area contributed by atoms with E-state index in [0.29, 0.717) is 25.1 Å². The minimum atomic E-state index is -0.821. The molecule has 4 atom stereocenters. The van der Waals surface area contributed by atoms with Gasteiger partial charge in [-0.25, -0.2) is 4.79 Å². The molecule has 1 unspecified atom stereocenters. The first-order valence-corrected chi connectivity index (χ1v) is 8.96. The van der Waals surface area contributed by atoms with Gasteiger partial charge in [-0.15, -0.1) is 0 Å². The summed E-state index contributed by atoms with van der Waals surface area (Å²) in [5.74, 6) is 0. The molecule has 0 bridgehead atoms. The second-order valence-electron chi connectivity index (χ2n) is 6.48. The number of aryl methyl sites for hydroxylation is 1. The van der Waals surface area contributed by atoms with Gasteiger partial charge in [-0.2, -0.15) is 0 Å². The highest BCUT2D eigenvalue weighted by Crippen LogP contribution is 2.32. The maximum Gasteiger partial charge on any atom is 0.330 e. The third-order valence-corrected chi connectivity index (χ3v) is 4.54. The van der Waals surface area contributed by atoms with Crippen LogP contribution in [0.3, 0.4) is 0 Å². The Labute approximate surface area is 147 Å². The van der Waals surface area contributed by atoms with Gasteiger partial charge in [0, 0.05) is 18.4 Å². The normalized spacial score (nSPS) is 26.2. The van der Waals surface area contributed by atoms with E-state index in [4.69, 9.17) is 15.2 Å². The molecule has 25 heavy (non-hydrogen) atoms. The smallest absolute Gasteiger partial charge is 0.330 e. The molecule has 1 saturated heterocycles. The first kappa shape index (κ1) is 19.8. The van der Waals surface area contributed by atoms with Crippen LogP contribution in [0.1, 0.15) is 50.8 Å². The summed E-state index contributed by atoms with van der Waals surface area (Å²) >= 11 is 0. The number of unbranched alkanes of at least 4 members (excludes halogenated alkanes) is 3. The number of nitrogens with zero attached hydrogens (tertiary/aromatic N) is 1. The number of ether oxygens (including phenoxy) is 2. The van der Waals surface area contributed by atoms with Crippen molar-refractivity contribution in [3.63, 3.8) is 0 Å². The minimum absolute atomic E-state index is 0.401. The third-order valence-electron chi connectivity index (χ3n) is 4.54. The maximum atomic E-state index is 12.2. The number of aliphatic hydroxyl groups is 1. The van der Waals surface area contributed by atoms with Crippen molar-refractivity contribution >= 4 is 0 Å². The lowest BCUT2D eigenvalue weighted by atomic mass is 10.1. The number of hydrogen-bond donors (Lipinski definition) is 3. The molecule has 0 saturated carbocycles. The highest BCUT2D eigenvalue weighted by molar-refractivity contribution is 5.03. The summed E-state index contributed by atoms with van der Waals surface area (Å²) in [6.45, 7) is 4.68. The summed E-state index contributed by atoms with van der Waals surface area (Å²) in [5.41, 5.74) is 4.88. The van der Waals surface area contributed by atoms with Gasteiger partial charge in [0.2, 0.25) is 0 Å². The fourth-order valence-electron chi connectivity index (χ4n) is 3.05. The van der Waals surface area contributed by atoms with Gasteiger partial charge in [0.25, 0.3) is 5.56 Å². The molecule has 0 radical (unpaired) electrons. The van der Waals surface area contributed by atoms with Gasteiger partial charge >= 0.3 is 5.69 Å². The molecule has 1 aliphatic rings. The maximum absolute atomic E-state index is 12.2. The molecule has 8 nitrogen and oxygen atoms in total. The first-order chi connectivity index (χ1) is 12.0. The number of nitrogens with two attached hydrogens (primary N) is 1. The van der Waals surface area contributed by atoms with Gasteiger partial charge < -0.3 is 20.3 Å². The van der Waals surface area contributed by atoms with Gasteiger partial charge in [-0.1, -0.05) is 19.8 Å². The van der Waals surface area contributed by atoms with Gasteiger partial charge in [-0.3, -0.25) is 14.3 Å². The SMILES string of the molecule is CC[C@H]1O[C@@H](n2cc(C)c(=O)[nH]c2=O)[C@@H](OCCCCCCN)C1O.